The van der Waals surface area contributed by atoms with E-state index in [0.717, 1.165) is 17.1 Å². The molecule has 0 fully saturated rings. The predicted molar refractivity (Wildman–Crippen MR) is 72.7 cm³/mol. The molecule has 88 valence electrons. The molecule has 0 unspecified atom stereocenters. The standard InChI is InChI=1S/C13H16N4/c1-17(2)13-5-3-4-11(7-13)16-12-6-10(14)8-15-9-12/h3-9,16H,14H2,1-2H3. The lowest BCUT2D eigenvalue weighted by Gasteiger charge is -2.14. The van der Waals surface area contributed by atoms with Crippen LogP contribution < -0.4 is 16.0 Å². The minimum absolute atomic E-state index is 0.652. The average molecular weight is 228 g/mol. The fourth-order valence-corrected chi connectivity index (χ4v) is 1.55. The van der Waals surface area contributed by atoms with Gasteiger partial charge in [0.2, 0.25) is 0 Å². The summed E-state index contributed by atoms with van der Waals surface area (Å²) in [5.41, 5.74) is 9.38. The number of nitrogens with two attached hydrogens (primary N) is 1. The summed E-state index contributed by atoms with van der Waals surface area (Å²) >= 11 is 0. The Morgan fingerprint density at radius 3 is 2.65 bits per heavy atom. The molecule has 17 heavy (non-hydrogen) atoms. The first-order valence-corrected chi connectivity index (χ1v) is 5.40. The summed E-state index contributed by atoms with van der Waals surface area (Å²) in [6.07, 6.45) is 3.38. The van der Waals surface area contributed by atoms with Crippen molar-refractivity contribution in [3.63, 3.8) is 0 Å². The molecule has 0 aliphatic carbocycles. The van der Waals surface area contributed by atoms with Gasteiger partial charge >= 0.3 is 0 Å². The summed E-state index contributed by atoms with van der Waals surface area (Å²) < 4.78 is 0. The Bertz CT molecular complexity index is 508. The van der Waals surface area contributed by atoms with Crippen molar-refractivity contribution in [2.75, 3.05) is 30.0 Å². The smallest absolute Gasteiger partial charge is 0.0591 e. The number of anilines is 4. The van der Waals surface area contributed by atoms with E-state index in [1.165, 1.54) is 0 Å². The van der Waals surface area contributed by atoms with E-state index < -0.39 is 0 Å². The molecule has 4 heteroatoms. The highest BCUT2D eigenvalue weighted by molar-refractivity contribution is 5.66. The fraction of sp³-hybridized carbons (Fsp3) is 0.154. The zero-order valence-electron chi connectivity index (χ0n) is 10.0. The summed E-state index contributed by atoms with van der Waals surface area (Å²) in [6.45, 7) is 0. The van der Waals surface area contributed by atoms with Gasteiger partial charge in [-0.25, -0.2) is 0 Å². The van der Waals surface area contributed by atoms with Crippen LogP contribution in [0.25, 0.3) is 0 Å². The van der Waals surface area contributed by atoms with Crippen LogP contribution in [0.2, 0.25) is 0 Å². The molecule has 0 spiro atoms. The Morgan fingerprint density at radius 1 is 1.12 bits per heavy atom. The number of hydrogen-bond donors (Lipinski definition) is 2. The van der Waals surface area contributed by atoms with Crippen molar-refractivity contribution < 1.29 is 0 Å². The van der Waals surface area contributed by atoms with Crippen molar-refractivity contribution in [3.05, 3.63) is 42.7 Å². The van der Waals surface area contributed by atoms with Crippen LogP contribution in [0.1, 0.15) is 0 Å². The van der Waals surface area contributed by atoms with Gasteiger partial charge in [-0.2, -0.15) is 0 Å². The molecule has 0 saturated carbocycles. The molecule has 0 saturated heterocycles. The molecule has 0 aliphatic rings. The third-order valence-electron chi connectivity index (χ3n) is 2.41. The molecule has 0 amide bonds. The van der Waals surface area contributed by atoms with Gasteiger partial charge in [0.15, 0.2) is 0 Å². The van der Waals surface area contributed by atoms with Gasteiger partial charge in [0, 0.05) is 31.7 Å². The molecule has 0 radical (unpaired) electrons. The van der Waals surface area contributed by atoms with Gasteiger partial charge in [-0.1, -0.05) is 6.07 Å². The van der Waals surface area contributed by atoms with E-state index >= 15 is 0 Å². The molecule has 0 aliphatic heterocycles. The first kappa shape index (κ1) is 11.3. The number of nitrogens with one attached hydrogen (secondary N) is 1. The van der Waals surface area contributed by atoms with Crippen molar-refractivity contribution >= 4 is 22.7 Å². The van der Waals surface area contributed by atoms with Gasteiger partial charge in [-0.15, -0.1) is 0 Å². The van der Waals surface area contributed by atoms with E-state index in [1.807, 2.05) is 32.3 Å². The molecular formula is C13H16N4. The van der Waals surface area contributed by atoms with Crippen LogP contribution in [-0.2, 0) is 0 Å². The predicted octanol–water partition coefficient (Wildman–Crippen LogP) is 2.47. The minimum atomic E-state index is 0.652. The average Bonchev–Trinajstić information content (AvgIpc) is 2.29. The summed E-state index contributed by atoms with van der Waals surface area (Å²) in [7, 11) is 4.03. The molecule has 1 aromatic heterocycles. The third-order valence-corrected chi connectivity index (χ3v) is 2.41. The van der Waals surface area contributed by atoms with Gasteiger partial charge in [0.25, 0.3) is 0 Å². The molecule has 2 aromatic rings. The zero-order chi connectivity index (χ0) is 12.3. The van der Waals surface area contributed by atoms with Crippen LogP contribution in [0.5, 0.6) is 0 Å². The lowest BCUT2D eigenvalue weighted by molar-refractivity contribution is 1.13. The normalized spacial score (nSPS) is 10.0. The number of benzene rings is 1. The summed E-state index contributed by atoms with van der Waals surface area (Å²) in [5, 5.41) is 3.27. The topological polar surface area (TPSA) is 54.2 Å². The largest absolute Gasteiger partial charge is 0.397 e. The first-order chi connectivity index (χ1) is 8.15. The number of rotatable bonds is 3. The highest BCUT2D eigenvalue weighted by Gasteiger charge is 1.99. The highest BCUT2D eigenvalue weighted by atomic mass is 15.1. The summed E-state index contributed by atoms with van der Waals surface area (Å²) in [6, 6.07) is 10.0. The van der Waals surface area contributed by atoms with Gasteiger partial charge in [0.1, 0.15) is 0 Å². The van der Waals surface area contributed by atoms with Crippen LogP contribution >= 0.6 is 0 Å². The van der Waals surface area contributed by atoms with E-state index in [-0.39, 0.29) is 0 Å². The summed E-state index contributed by atoms with van der Waals surface area (Å²) in [4.78, 5) is 6.10. The van der Waals surface area contributed by atoms with E-state index in [0.29, 0.717) is 5.69 Å². The van der Waals surface area contributed by atoms with E-state index in [4.69, 9.17) is 5.73 Å². The quantitative estimate of drug-likeness (QED) is 0.847. The van der Waals surface area contributed by atoms with E-state index in [2.05, 4.69) is 27.3 Å². The number of nitrogen functional groups attached to an aromatic ring is 1. The van der Waals surface area contributed by atoms with Crippen molar-refractivity contribution in [2.45, 2.75) is 0 Å². The second-order valence-electron chi connectivity index (χ2n) is 4.08. The highest BCUT2D eigenvalue weighted by Crippen LogP contribution is 2.21. The van der Waals surface area contributed by atoms with Gasteiger partial charge < -0.3 is 16.0 Å². The number of aromatic nitrogens is 1. The van der Waals surface area contributed by atoms with Crippen LogP contribution in [-0.4, -0.2) is 19.1 Å². The van der Waals surface area contributed by atoms with Crippen molar-refractivity contribution in [3.8, 4) is 0 Å². The molecular weight excluding hydrogens is 212 g/mol. The summed E-state index contributed by atoms with van der Waals surface area (Å²) in [5.74, 6) is 0. The lowest BCUT2D eigenvalue weighted by Crippen LogP contribution is -2.08. The Hall–Kier alpha value is -2.23. The van der Waals surface area contributed by atoms with Crippen LogP contribution in [0.3, 0.4) is 0 Å². The first-order valence-electron chi connectivity index (χ1n) is 5.40. The number of pyridine rings is 1. The Balaban J connectivity index is 2.21. The fourth-order valence-electron chi connectivity index (χ4n) is 1.55. The SMILES string of the molecule is CN(C)c1cccc(Nc2cncc(N)c2)c1. The Morgan fingerprint density at radius 2 is 1.94 bits per heavy atom. The van der Waals surface area contributed by atoms with Gasteiger partial charge in [-0.05, 0) is 24.3 Å². The molecule has 2 rings (SSSR count). The monoisotopic (exact) mass is 228 g/mol. The number of nitrogens with zero attached hydrogens (tertiary/aromatic N) is 2. The molecule has 3 N–H and O–H groups in total. The van der Waals surface area contributed by atoms with Gasteiger partial charge in [0.05, 0.1) is 17.6 Å². The number of hydrogen-bond acceptors (Lipinski definition) is 4. The van der Waals surface area contributed by atoms with Gasteiger partial charge in [-0.3, -0.25) is 4.98 Å². The molecule has 0 atom stereocenters. The maximum atomic E-state index is 5.68. The van der Waals surface area contributed by atoms with Crippen LogP contribution in [0.15, 0.2) is 42.7 Å². The lowest BCUT2D eigenvalue weighted by atomic mass is 10.2. The van der Waals surface area contributed by atoms with Crippen LogP contribution in [0, 0.1) is 0 Å². The Kier molecular flexibility index (Phi) is 3.14. The van der Waals surface area contributed by atoms with Crippen molar-refractivity contribution in [1.82, 2.24) is 4.98 Å². The molecule has 4 nitrogen and oxygen atoms in total. The molecule has 1 heterocycles. The second-order valence-corrected chi connectivity index (χ2v) is 4.08. The zero-order valence-corrected chi connectivity index (χ0v) is 10.0. The maximum Gasteiger partial charge on any atom is 0.0591 e. The van der Waals surface area contributed by atoms with E-state index in [9.17, 15) is 0 Å². The van der Waals surface area contributed by atoms with E-state index in [1.54, 1.807) is 12.4 Å². The molecule has 0 bridgehead atoms. The third kappa shape index (κ3) is 2.87. The Labute approximate surface area is 101 Å². The van der Waals surface area contributed by atoms with Crippen LogP contribution in [0.4, 0.5) is 22.7 Å². The maximum absolute atomic E-state index is 5.68. The van der Waals surface area contributed by atoms with Crippen molar-refractivity contribution in [2.24, 2.45) is 0 Å². The molecule has 1 aromatic carbocycles. The second kappa shape index (κ2) is 4.74. The minimum Gasteiger partial charge on any atom is -0.397 e. The van der Waals surface area contributed by atoms with Crippen molar-refractivity contribution in [1.29, 1.82) is 0 Å².